The van der Waals surface area contributed by atoms with E-state index in [1.807, 2.05) is 37.4 Å². The van der Waals surface area contributed by atoms with Gasteiger partial charge >= 0.3 is 0 Å². The number of hydrazine groups is 1. The highest BCUT2D eigenvalue weighted by atomic mass is 32.2. The molecule has 1 amide bonds. The molecule has 2 aliphatic heterocycles. The molecule has 3 heterocycles. The van der Waals surface area contributed by atoms with Crippen LogP contribution in [0.5, 0.6) is 0 Å². The average Bonchev–Trinajstić information content (AvgIpc) is 3.35. The number of thioether (sulfide) groups is 1. The van der Waals surface area contributed by atoms with E-state index in [1.54, 1.807) is 7.05 Å². The molecular weight excluding hydrogens is 497 g/mol. The molecule has 5 rings (SSSR count). The third kappa shape index (κ3) is 3.79. The molecule has 3 aromatic rings. The summed E-state index contributed by atoms with van der Waals surface area (Å²) in [6.45, 7) is 4.39. The van der Waals surface area contributed by atoms with Gasteiger partial charge in [-0.3, -0.25) is 9.59 Å². The predicted molar refractivity (Wildman–Crippen MR) is 149 cm³/mol. The number of thiocarbonyl (C=S) groups is 1. The van der Waals surface area contributed by atoms with Crippen LogP contribution in [0.25, 0.3) is 22.1 Å². The third-order valence-corrected chi connectivity index (χ3v) is 9.27. The summed E-state index contributed by atoms with van der Waals surface area (Å²) >= 11 is 7.52. The van der Waals surface area contributed by atoms with Crippen molar-refractivity contribution in [3.05, 3.63) is 85.4 Å². The number of nitrogens with two attached hydrogens (primary N) is 1. The number of nitrogens with zero attached hydrogens (tertiary/aromatic N) is 3. The monoisotopic (exact) mass is 520 g/mol. The molecular formula is C26H24N4O2S3. The van der Waals surface area contributed by atoms with E-state index in [2.05, 4.69) is 49.1 Å². The van der Waals surface area contributed by atoms with E-state index in [-0.39, 0.29) is 21.2 Å². The van der Waals surface area contributed by atoms with E-state index >= 15 is 0 Å². The second kappa shape index (κ2) is 8.60. The third-order valence-electron chi connectivity index (χ3n) is 6.55. The second-order valence-electron chi connectivity index (χ2n) is 9.01. The zero-order valence-electron chi connectivity index (χ0n) is 19.7. The Kier molecular flexibility index (Phi) is 5.83. The van der Waals surface area contributed by atoms with Gasteiger partial charge in [0, 0.05) is 30.9 Å². The fourth-order valence-corrected chi connectivity index (χ4v) is 6.90. The fraction of sp³-hybridized carbons (Fsp3) is 0.192. The molecule has 2 aliphatic rings. The average molecular weight is 521 g/mol. The molecule has 1 fully saturated rings. The first-order valence-electron chi connectivity index (χ1n) is 11.0. The summed E-state index contributed by atoms with van der Waals surface area (Å²) in [6, 6.07) is 16.9. The lowest BCUT2D eigenvalue weighted by Gasteiger charge is -2.23. The minimum Gasteiger partial charge on any atom is -0.347 e. The van der Waals surface area contributed by atoms with E-state index in [1.165, 1.54) is 32.6 Å². The van der Waals surface area contributed by atoms with Gasteiger partial charge in [0.25, 0.3) is 11.5 Å². The van der Waals surface area contributed by atoms with Crippen molar-refractivity contribution in [1.29, 1.82) is 0 Å². The second-order valence-corrected chi connectivity index (χ2v) is 11.7. The molecule has 1 saturated heterocycles. The van der Waals surface area contributed by atoms with Crippen molar-refractivity contribution in [1.82, 2.24) is 9.58 Å². The summed E-state index contributed by atoms with van der Waals surface area (Å²) in [6.07, 6.45) is 3.85. The van der Waals surface area contributed by atoms with Crippen molar-refractivity contribution in [2.75, 3.05) is 11.9 Å². The molecule has 2 aromatic carbocycles. The summed E-state index contributed by atoms with van der Waals surface area (Å²) in [5.74, 6) is 5.33. The van der Waals surface area contributed by atoms with Crippen molar-refractivity contribution < 1.29 is 4.79 Å². The SMILES string of the molecule is CN1C(=CC=c2sc(=C3SC(=S)N(N)C3=O)n(C)c2=O)C(C)(C)c2cc(-c3ccccc3)ccc21. The standard InChI is InChI=1S/C26H24N4O2S3/c1-26(2)17-14-16(15-8-6-5-7-9-15)10-11-18(17)28(3)20(26)13-12-19-22(31)29(4)24(34-19)21-23(32)30(27)25(33)35-21/h5-14H,27H2,1-4H3. The van der Waals surface area contributed by atoms with Crippen LogP contribution < -0.4 is 25.5 Å². The summed E-state index contributed by atoms with van der Waals surface area (Å²) < 4.78 is 2.86. The number of aromatic nitrogens is 1. The van der Waals surface area contributed by atoms with Crippen LogP contribution in [0, 0.1) is 0 Å². The molecule has 0 bridgehead atoms. The number of amides is 1. The zero-order chi connectivity index (χ0) is 25.1. The quantitative estimate of drug-likeness (QED) is 0.318. The number of hydrogen-bond acceptors (Lipinski definition) is 7. The molecule has 35 heavy (non-hydrogen) atoms. The van der Waals surface area contributed by atoms with Crippen molar-refractivity contribution in [3.8, 4) is 11.1 Å². The van der Waals surface area contributed by atoms with Crippen LogP contribution in [0.4, 0.5) is 5.69 Å². The van der Waals surface area contributed by atoms with E-state index in [0.717, 1.165) is 28.2 Å². The van der Waals surface area contributed by atoms with E-state index < -0.39 is 0 Å². The molecule has 0 unspecified atom stereocenters. The molecule has 0 radical (unpaired) electrons. The minimum atomic E-state index is -0.386. The topological polar surface area (TPSA) is 71.6 Å². The molecule has 1 aromatic heterocycles. The number of carbonyl (C=O) groups excluding carboxylic acids is 1. The van der Waals surface area contributed by atoms with Crippen LogP contribution in [-0.2, 0) is 17.3 Å². The molecule has 0 aliphatic carbocycles. The highest BCUT2D eigenvalue weighted by molar-refractivity contribution is 8.30. The number of thiazole rings is 1. The summed E-state index contributed by atoms with van der Waals surface area (Å²) in [7, 11) is 3.71. The molecule has 0 saturated carbocycles. The smallest absolute Gasteiger partial charge is 0.283 e. The predicted octanol–water partition coefficient (Wildman–Crippen LogP) is 3.05. The highest BCUT2D eigenvalue weighted by Gasteiger charge is 2.38. The van der Waals surface area contributed by atoms with E-state index in [4.69, 9.17) is 18.1 Å². The van der Waals surface area contributed by atoms with Crippen molar-refractivity contribution in [3.63, 3.8) is 0 Å². The Morgan fingerprint density at radius 2 is 1.71 bits per heavy atom. The molecule has 178 valence electrons. The van der Waals surface area contributed by atoms with Crippen molar-refractivity contribution in [2.45, 2.75) is 19.3 Å². The molecule has 0 atom stereocenters. The van der Waals surface area contributed by atoms with Crippen molar-refractivity contribution in [2.24, 2.45) is 12.9 Å². The molecule has 2 N–H and O–H groups in total. The van der Waals surface area contributed by atoms with Gasteiger partial charge in [-0.15, -0.1) is 11.3 Å². The number of hydrogen-bond donors (Lipinski definition) is 1. The number of allylic oxidation sites excluding steroid dienone is 2. The maximum atomic E-state index is 13.0. The van der Waals surface area contributed by atoms with Gasteiger partial charge in [0.1, 0.15) is 9.57 Å². The highest BCUT2D eigenvalue weighted by Crippen LogP contribution is 2.48. The Morgan fingerprint density at radius 1 is 1.00 bits per heavy atom. The van der Waals surface area contributed by atoms with Gasteiger partial charge in [0.2, 0.25) is 0 Å². The normalized spacial score (nSPS) is 20.4. The maximum Gasteiger partial charge on any atom is 0.283 e. The van der Waals surface area contributed by atoms with Crippen LogP contribution >= 0.6 is 35.3 Å². The number of rotatable bonds is 2. The van der Waals surface area contributed by atoms with Crippen LogP contribution in [-0.4, -0.2) is 26.9 Å². The summed E-state index contributed by atoms with van der Waals surface area (Å²) in [5.41, 5.74) is 5.41. The number of likely N-dealkylation sites (N-methyl/N-ethyl adjacent to an activating group) is 1. The lowest BCUT2D eigenvalue weighted by atomic mass is 9.82. The number of benzene rings is 2. The Morgan fingerprint density at radius 3 is 2.37 bits per heavy atom. The first-order valence-corrected chi connectivity index (χ1v) is 13.0. The van der Waals surface area contributed by atoms with Gasteiger partial charge in [-0.1, -0.05) is 62.5 Å². The first kappa shape index (κ1) is 23.7. The fourth-order valence-electron chi connectivity index (χ4n) is 4.59. The van der Waals surface area contributed by atoms with Gasteiger partial charge in [0.05, 0.1) is 4.53 Å². The van der Waals surface area contributed by atoms with Crippen LogP contribution in [0.1, 0.15) is 19.4 Å². The summed E-state index contributed by atoms with van der Waals surface area (Å²) in [5, 5.41) is 0.946. The van der Waals surface area contributed by atoms with Crippen LogP contribution in [0.2, 0.25) is 0 Å². The lowest BCUT2D eigenvalue weighted by Crippen LogP contribution is -2.36. The Bertz CT molecular complexity index is 1600. The largest absolute Gasteiger partial charge is 0.347 e. The maximum absolute atomic E-state index is 13.0. The number of fused-ring (bicyclic) bond motifs is 1. The van der Waals surface area contributed by atoms with Crippen LogP contribution in [0.3, 0.4) is 0 Å². The first-order chi connectivity index (χ1) is 16.6. The lowest BCUT2D eigenvalue weighted by molar-refractivity contribution is -0.120. The Labute approximate surface area is 216 Å². The van der Waals surface area contributed by atoms with Gasteiger partial charge in [0.15, 0.2) is 4.32 Å². The van der Waals surface area contributed by atoms with E-state index in [0.29, 0.717) is 14.1 Å². The zero-order valence-corrected chi connectivity index (χ0v) is 22.2. The van der Waals surface area contributed by atoms with Gasteiger partial charge in [-0.25, -0.2) is 10.9 Å². The minimum absolute atomic E-state index is 0.161. The van der Waals surface area contributed by atoms with Crippen LogP contribution in [0.15, 0.2) is 65.1 Å². The molecule has 0 spiro atoms. The number of carbonyl (C=O) groups is 1. The summed E-state index contributed by atoms with van der Waals surface area (Å²) in [4.78, 5) is 28.0. The van der Waals surface area contributed by atoms with Gasteiger partial charge in [-0.05, 0) is 52.7 Å². The molecule has 6 nitrogen and oxygen atoms in total. The Balaban J connectivity index is 1.59. The van der Waals surface area contributed by atoms with Gasteiger partial charge in [-0.2, -0.15) is 0 Å². The van der Waals surface area contributed by atoms with Crippen molar-refractivity contribution >= 4 is 62.2 Å². The van der Waals surface area contributed by atoms with E-state index in [9.17, 15) is 9.59 Å². The Hall–Kier alpha value is -2.98. The molecule has 9 heteroatoms. The number of anilines is 1. The van der Waals surface area contributed by atoms with Gasteiger partial charge < -0.3 is 9.47 Å².